The Bertz CT molecular complexity index is 703. The van der Waals surface area contributed by atoms with E-state index in [1.54, 1.807) is 24.3 Å². The number of ketones is 2. The molecule has 0 saturated heterocycles. The van der Waals surface area contributed by atoms with Gasteiger partial charge < -0.3 is 10.2 Å². The van der Waals surface area contributed by atoms with E-state index in [0.29, 0.717) is 0 Å². The van der Waals surface area contributed by atoms with E-state index in [4.69, 9.17) is 16.7 Å². The van der Waals surface area contributed by atoms with Crippen molar-refractivity contribution in [2.45, 2.75) is 5.06 Å². The molecule has 1 unspecified atom stereocenters. The third-order valence-electron chi connectivity index (χ3n) is 2.95. The minimum Gasteiger partial charge on any atom is -0.508 e. The molecule has 0 fully saturated rings. The highest BCUT2D eigenvalue weighted by atomic mass is 35.5. The Kier molecular flexibility index (Phi) is 4.75. The van der Waals surface area contributed by atoms with Gasteiger partial charge in [-0.2, -0.15) is 0 Å². The van der Waals surface area contributed by atoms with Crippen molar-refractivity contribution in [3.63, 3.8) is 0 Å². The van der Waals surface area contributed by atoms with Crippen LogP contribution in [-0.2, 0) is 4.79 Å². The fourth-order valence-electron chi connectivity index (χ4n) is 1.75. The monoisotopic (exact) mass is 316 g/mol. The van der Waals surface area contributed by atoms with Gasteiger partial charge in [-0.15, -0.1) is 0 Å². The van der Waals surface area contributed by atoms with Crippen LogP contribution >= 0.6 is 11.6 Å². The molecular weight excluding hydrogens is 304 g/mol. The third-order valence-corrected chi connectivity index (χ3v) is 3.25. The van der Waals surface area contributed by atoms with Gasteiger partial charge >= 0.3 is 0 Å². The van der Waals surface area contributed by atoms with E-state index < -0.39 is 16.6 Å². The zero-order chi connectivity index (χ0) is 16.2. The molecule has 112 valence electrons. The zero-order valence-corrected chi connectivity index (χ0v) is 12.2. The lowest BCUT2D eigenvalue weighted by atomic mass is 10.0. The van der Waals surface area contributed by atoms with Crippen LogP contribution in [0.4, 0.5) is 0 Å². The molecule has 0 spiro atoms. The van der Waals surface area contributed by atoms with Crippen LogP contribution in [0.5, 0.6) is 5.75 Å². The average Bonchev–Trinajstić information content (AvgIpc) is 2.53. The van der Waals surface area contributed by atoms with Gasteiger partial charge in [-0.3, -0.25) is 9.59 Å². The van der Waals surface area contributed by atoms with Crippen LogP contribution in [0.25, 0.3) is 6.08 Å². The molecule has 2 rings (SSSR count). The van der Waals surface area contributed by atoms with Crippen molar-refractivity contribution in [2.75, 3.05) is 0 Å². The Morgan fingerprint density at radius 2 is 1.59 bits per heavy atom. The van der Waals surface area contributed by atoms with Crippen molar-refractivity contribution in [2.24, 2.45) is 0 Å². The first-order valence-corrected chi connectivity index (χ1v) is 6.82. The summed E-state index contributed by atoms with van der Waals surface area (Å²) in [5.41, 5.74) is 0.765. The zero-order valence-electron chi connectivity index (χ0n) is 11.4. The van der Waals surface area contributed by atoms with Crippen molar-refractivity contribution in [3.8, 4) is 5.75 Å². The summed E-state index contributed by atoms with van der Waals surface area (Å²) in [6.07, 6.45) is 2.51. The summed E-state index contributed by atoms with van der Waals surface area (Å²) in [6, 6.07) is 14.0. The second-order valence-electron chi connectivity index (χ2n) is 4.62. The van der Waals surface area contributed by atoms with Crippen molar-refractivity contribution < 1.29 is 19.8 Å². The molecule has 1 atom stereocenters. The fraction of sp³-hybridized carbons (Fsp3) is 0.0588. The van der Waals surface area contributed by atoms with Gasteiger partial charge in [0.15, 0.2) is 0 Å². The van der Waals surface area contributed by atoms with Gasteiger partial charge in [-0.1, -0.05) is 48.0 Å². The minimum atomic E-state index is -2.43. The molecule has 0 aromatic heterocycles. The van der Waals surface area contributed by atoms with Gasteiger partial charge in [0, 0.05) is 5.56 Å². The number of alkyl halides is 1. The summed E-state index contributed by atoms with van der Waals surface area (Å²) in [5, 5.41) is 16.7. The molecule has 0 aliphatic carbocycles. The lowest BCUT2D eigenvalue weighted by Crippen LogP contribution is -2.36. The first-order valence-electron chi connectivity index (χ1n) is 6.44. The first-order chi connectivity index (χ1) is 10.4. The first kappa shape index (κ1) is 15.9. The lowest BCUT2D eigenvalue weighted by molar-refractivity contribution is -0.122. The van der Waals surface area contributed by atoms with E-state index in [0.717, 1.165) is 11.6 Å². The molecule has 2 aromatic carbocycles. The standard InChI is InChI=1S/C17H13ClO4/c18-17(22,11-10-12-4-2-1-3-5-12)16(21)15(20)13-6-8-14(19)9-7-13/h1-11,19,22H. The lowest BCUT2D eigenvalue weighted by Gasteiger charge is -2.13. The van der Waals surface area contributed by atoms with E-state index in [1.807, 2.05) is 6.07 Å². The van der Waals surface area contributed by atoms with Gasteiger partial charge in [-0.25, -0.2) is 0 Å². The fourth-order valence-corrected chi connectivity index (χ4v) is 1.90. The maximum Gasteiger partial charge on any atom is 0.254 e. The number of hydrogen-bond acceptors (Lipinski definition) is 4. The Hall–Kier alpha value is -2.43. The van der Waals surface area contributed by atoms with Crippen LogP contribution < -0.4 is 0 Å². The molecule has 0 aliphatic heterocycles. The number of hydrogen-bond donors (Lipinski definition) is 2. The van der Waals surface area contributed by atoms with Crippen LogP contribution in [0.15, 0.2) is 60.7 Å². The Morgan fingerprint density at radius 1 is 1.00 bits per heavy atom. The predicted octanol–water partition coefficient (Wildman–Crippen LogP) is 2.78. The van der Waals surface area contributed by atoms with Crippen molar-refractivity contribution >= 4 is 29.2 Å². The Balaban J connectivity index is 2.17. The van der Waals surface area contributed by atoms with Gasteiger partial charge in [0.1, 0.15) is 5.75 Å². The molecule has 0 radical (unpaired) electrons. The summed E-state index contributed by atoms with van der Waals surface area (Å²) in [7, 11) is 0. The summed E-state index contributed by atoms with van der Waals surface area (Å²) in [5.74, 6) is -2.13. The maximum atomic E-state index is 12.0. The summed E-state index contributed by atoms with van der Waals surface area (Å²) >= 11 is 5.76. The second kappa shape index (κ2) is 6.56. The molecule has 0 aliphatic rings. The average molecular weight is 317 g/mol. The number of carbonyl (C=O) groups is 2. The molecule has 0 amide bonds. The predicted molar refractivity (Wildman–Crippen MR) is 83.7 cm³/mol. The molecule has 4 nitrogen and oxygen atoms in total. The van der Waals surface area contributed by atoms with Gasteiger partial charge in [-0.05, 0) is 35.9 Å². The molecule has 2 aromatic rings. The number of Topliss-reactive ketones (excluding diaryl/α,β-unsaturated/α-hetero) is 2. The van der Waals surface area contributed by atoms with E-state index in [-0.39, 0.29) is 11.3 Å². The van der Waals surface area contributed by atoms with E-state index in [9.17, 15) is 14.7 Å². The Labute approximate surface area is 132 Å². The molecule has 0 bridgehead atoms. The molecule has 22 heavy (non-hydrogen) atoms. The van der Waals surface area contributed by atoms with E-state index in [2.05, 4.69) is 0 Å². The van der Waals surface area contributed by atoms with Gasteiger partial charge in [0.05, 0.1) is 0 Å². The summed E-state index contributed by atoms with van der Waals surface area (Å²) in [4.78, 5) is 24.0. The molecule has 2 N–H and O–H groups in total. The number of aromatic hydroxyl groups is 1. The van der Waals surface area contributed by atoms with Crippen molar-refractivity contribution in [1.82, 2.24) is 0 Å². The van der Waals surface area contributed by atoms with Crippen LogP contribution in [0.3, 0.4) is 0 Å². The summed E-state index contributed by atoms with van der Waals surface area (Å²) < 4.78 is 0. The largest absolute Gasteiger partial charge is 0.508 e. The number of benzene rings is 2. The molecule has 0 saturated carbocycles. The highest BCUT2D eigenvalue weighted by molar-refractivity contribution is 6.55. The quantitative estimate of drug-likeness (QED) is 0.505. The van der Waals surface area contributed by atoms with Gasteiger partial charge in [0.2, 0.25) is 10.8 Å². The van der Waals surface area contributed by atoms with Crippen molar-refractivity contribution in [1.29, 1.82) is 0 Å². The molecule has 0 heterocycles. The molecular formula is C17H13ClO4. The Morgan fingerprint density at radius 3 is 2.18 bits per heavy atom. The van der Waals surface area contributed by atoms with Crippen molar-refractivity contribution in [3.05, 3.63) is 71.8 Å². The van der Waals surface area contributed by atoms with Crippen LogP contribution in [-0.4, -0.2) is 26.8 Å². The topological polar surface area (TPSA) is 74.6 Å². The van der Waals surface area contributed by atoms with E-state index in [1.165, 1.54) is 30.3 Å². The second-order valence-corrected chi connectivity index (χ2v) is 5.20. The van der Waals surface area contributed by atoms with E-state index >= 15 is 0 Å². The highest BCUT2D eigenvalue weighted by Crippen LogP contribution is 2.20. The summed E-state index contributed by atoms with van der Waals surface area (Å²) in [6.45, 7) is 0. The maximum absolute atomic E-state index is 12.0. The van der Waals surface area contributed by atoms with Crippen LogP contribution in [0.2, 0.25) is 0 Å². The molecule has 5 heteroatoms. The third kappa shape index (κ3) is 3.81. The minimum absolute atomic E-state index is 0.0332. The SMILES string of the molecule is O=C(C(=O)C(O)(Cl)C=Cc1ccccc1)c1ccc(O)cc1. The van der Waals surface area contributed by atoms with Gasteiger partial charge in [0.25, 0.3) is 5.78 Å². The number of phenolic OH excluding ortho intramolecular Hbond substituents is 1. The number of carbonyl (C=O) groups excluding carboxylic acids is 2. The highest BCUT2D eigenvalue weighted by Gasteiger charge is 2.36. The smallest absolute Gasteiger partial charge is 0.254 e. The van der Waals surface area contributed by atoms with Crippen LogP contribution in [0.1, 0.15) is 15.9 Å². The normalized spacial score (nSPS) is 13.7. The number of phenols is 1. The number of aliphatic hydroxyl groups is 1. The number of halogens is 1. The van der Waals surface area contributed by atoms with Crippen LogP contribution in [0, 0.1) is 0 Å². The number of rotatable bonds is 5.